The molecule has 82 valence electrons. The third-order valence-electron chi connectivity index (χ3n) is 2.30. The monoisotopic (exact) mass is 278 g/mol. The maximum Gasteiger partial charge on any atom is 0.251 e. The molecule has 0 amide bonds. The molecular formula is C12H11BrN2O. The van der Waals surface area contributed by atoms with Crippen LogP contribution < -0.4 is 5.56 Å². The topological polar surface area (TPSA) is 45.8 Å². The van der Waals surface area contributed by atoms with Gasteiger partial charge in [-0.25, -0.2) is 4.98 Å². The number of benzene rings is 1. The largest absolute Gasteiger partial charge is 0.307 e. The summed E-state index contributed by atoms with van der Waals surface area (Å²) < 4.78 is 1.05. The molecule has 0 radical (unpaired) electrons. The van der Waals surface area contributed by atoms with Gasteiger partial charge in [0.15, 0.2) is 0 Å². The molecule has 3 nitrogen and oxygen atoms in total. The molecule has 1 aromatic carbocycles. The zero-order chi connectivity index (χ0) is 11.7. The molecule has 0 bridgehead atoms. The summed E-state index contributed by atoms with van der Waals surface area (Å²) in [5, 5.41) is 0. The quantitative estimate of drug-likeness (QED) is 0.872. The standard InChI is InChI=1S/C12H11BrN2O/c1-7-5-9(3-4-10(7)13)12-14-8(2)6-11(16)15-12/h3-6H,1-2H3,(H,14,15,16). The van der Waals surface area contributed by atoms with Crippen LogP contribution in [-0.2, 0) is 0 Å². The van der Waals surface area contributed by atoms with Gasteiger partial charge in [0, 0.05) is 21.8 Å². The molecule has 1 N–H and O–H groups in total. The first-order valence-electron chi connectivity index (χ1n) is 4.91. The fourth-order valence-electron chi connectivity index (χ4n) is 1.51. The summed E-state index contributed by atoms with van der Waals surface area (Å²) in [6.45, 7) is 3.81. The highest BCUT2D eigenvalue weighted by atomic mass is 79.9. The summed E-state index contributed by atoms with van der Waals surface area (Å²) in [5.74, 6) is 0.612. The van der Waals surface area contributed by atoms with E-state index in [0.717, 1.165) is 21.3 Å². The van der Waals surface area contributed by atoms with Crippen LogP contribution in [0.2, 0.25) is 0 Å². The van der Waals surface area contributed by atoms with Crippen molar-refractivity contribution >= 4 is 15.9 Å². The second kappa shape index (κ2) is 4.22. The van der Waals surface area contributed by atoms with Gasteiger partial charge >= 0.3 is 0 Å². The van der Waals surface area contributed by atoms with Crippen molar-refractivity contribution in [2.75, 3.05) is 0 Å². The van der Waals surface area contributed by atoms with Crippen molar-refractivity contribution in [3.05, 3.63) is 50.3 Å². The number of aromatic nitrogens is 2. The van der Waals surface area contributed by atoms with E-state index in [0.29, 0.717) is 5.82 Å². The number of nitrogens with zero attached hydrogens (tertiary/aromatic N) is 1. The first kappa shape index (κ1) is 11.1. The van der Waals surface area contributed by atoms with Crippen molar-refractivity contribution in [1.29, 1.82) is 0 Å². The van der Waals surface area contributed by atoms with Crippen LogP contribution in [0, 0.1) is 13.8 Å². The van der Waals surface area contributed by atoms with E-state index in [9.17, 15) is 4.79 Å². The Morgan fingerprint density at radius 3 is 2.62 bits per heavy atom. The highest BCUT2D eigenvalue weighted by molar-refractivity contribution is 9.10. The lowest BCUT2D eigenvalue weighted by atomic mass is 10.1. The Balaban J connectivity index is 2.58. The fourth-order valence-corrected chi connectivity index (χ4v) is 1.75. The van der Waals surface area contributed by atoms with E-state index < -0.39 is 0 Å². The molecule has 4 heteroatoms. The Hall–Kier alpha value is -1.42. The fraction of sp³-hybridized carbons (Fsp3) is 0.167. The highest BCUT2D eigenvalue weighted by Gasteiger charge is 2.03. The van der Waals surface area contributed by atoms with E-state index in [1.165, 1.54) is 6.07 Å². The summed E-state index contributed by atoms with van der Waals surface area (Å²) in [7, 11) is 0. The second-order valence-electron chi connectivity index (χ2n) is 3.70. The van der Waals surface area contributed by atoms with Crippen LogP contribution >= 0.6 is 15.9 Å². The molecular weight excluding hydrogens is 268 g/mol. The van der Waals surface area contributed by atoms with Gasteiger partial charge < -0.3 is 4.98 Å². The van der Waals surface area contributed by atoms with Gasteiger partial charge in [0.1, 0.15) is 5.82 Å². The van der Waals surface area contributed by atoms with Gasteiger partial charge in [0.2, 0.25) is 0 Å². The second-order valence-corrected chi connectivity index (χ2v) is 4.55. The first-order chi connectivity index (χ1) is 7.56. The number of nitrogens with one attached hydrogen (secondary N) is 1. The Bertz CT molecular complexity index is 590. The molecule has 0 unspecified atom stereocenters. The summed E-state index contributed by atoms with van der Waals surface area (Å²) in [6, 6.07) is 7.35. The van der Waals surface area contributed by atoms with Crippen LogP contribution in [0.5, 0.6) is 0 Å². The van der Waals surface area contributed by atoms with Crippen LogP contribution in [-0.4, -0.2) is 9.97 Å². The van der Waals surface area contributed by atoms with E-state index in [1.807, 2.05) is 32.0 Å². The smallest absolute Gasteiger partial charge is 0.251 e. The number of hydrogen-bond acceptors (Lipinski definition) is 2. The van der Waals surface area contributed by atoms with Crippen LogP contribution in [0.3, 0.4) is 0 Å². The van der Waals surface area contributed by atoms with E-state index in [-0.39, 0.29) is 5.56 Å². The predicted octanol–water partition coefficient (Wildman–Crippen LogP) is 2.82. The van der Waals surface area contributed by atoms with Crippen LogP contribution in [0.1, 0.15) is 11.3 Å². The minimum absolute atomic E-state index is 0.122. The summed E-state index contributed by atoms with van der Waals surface area (Å²) >= 11 is 3.44. The number of hydrogen-bond donors (Lipinski definition) is 1. The lowest BCUT2D eigenvalue weighted by Crippen LogP contribution is -2.08. The van der Waals surface area contributed by atoms with Crippen LogP contribution in [0.4, 0.5) is 0 Å². The van der Waals surface area contributed by atoms with Gasteiger partial charge in [-0.1, -0.05) is 22.0 Å². The number of aryl methyl sites for hydroxylation is 2. The Morgan fingerprint density at radius 2 is 2.00 bits per heavy atom. The van der Waals surface area contributed by atoms with Gasteiger partial charge in [-0.2, -0.15) is 0 Å². The number of H-pyrrole nitrogens is 1. The van der Waals surface area contributed by atoms with Crippen molar-refractivity contribution in [1.82, 2.24) is 9.97 Å². The molecule has 2 aromatic rings. The predicted molar refractivity (Wildman–Crippen MR) is 67.5 cm³/mol. The summed E-state index contributed by atoms with van der Waals surface area (Å²) in [5.41, 5.74) is 2.63. The molecule has 1 aromatic heterocycles. The zero-order valence-corrected chi connectivity index (χ0v) is 10.6. The molecule has 0 aliphatic heterocycles. The summed E-state index contributed by atoms with van der Waals surface area (Å²) in [4.78, 5) is 18.4. The van der Waals surface area contributed by atoms with Crippen LogP contribution in [0.25, 0.3) is 11.4 Å². The Morgan fingerprint density at radius 1 is 1.25 bits per heavy atom. The number of aromatic amines is 1. The Labute approximate surface area is 102 Å². The first-order valence-corrected chi connectivity index (χ1v) is 5.70. The van der Waals surface area contributed by atoms with Crippen molar-refractivity contribution in [2.24, 2.45) is 0 Å². The third kappa shape index (κ3) is 2.22. The van der Waals surface area contributed by atoms with Crippen molar-refractivity contribution < 1.29 is 0 Å². The average Bonchev–Trinajstić information content (AvgIpc) is 2.20. The number of halogens is 1. The molecule has 2 rings (SSSR count). The molecule has 0 saturated heterocycles. The number of rotatable bonds is 1. The van der Waals surface area contributed by atoms with Crippen molar-refractivity contribution in [2.45, 2.75) is 13.8 Å². The van der Waals surface area contributed by atoms with Crippen molar-refractivity contribution in [3.63, 3.8) is 0 Å². The van der Waals surface area contributed by atoms with Gasteiger partial charge in [-0.05, 0) is 31.5 Å². The van der Waals surface area contributed by atoms with E-state index in [2.05, 4.69) is 25.9 Å². The zero-order valence-electron chi connectivity index (χ0n) is 9.04. The minimum atomic E-state index is -0.122. The Kier molecular flexibility index (Phi) is 2.92. The van der Waals surface area contributed by atoms with Gasteiger partial charge in [-0.3, -0.25) is 4.79 Å². The molecule has 0 spiro atoms. The maximum atomic E-state index is 11.3. The van der Waals surface area contributed by atoms with E-state index in [4.69, 9.17) is 0 Å². The third-order valence-corrected chi connectivity index (χ3v) is 3.19. The minimum Gasteiger partial charge on any atom is -0.307 e. The molecule has 0 aliphatic rings. The SMILES string of the molecule is Cc1cc(=O)[nH]c(-c2ccc(Br)c(C)c2)n1. The molecule has 0 aliphatic carbocycles. The van der Waals surface area contributed by atoms with Gasteiger partial charge in [0.25, 0.3) is 5.56 Å². The van der Waals surface area contributed by atoms with Crippen LogP contribution in [0.15, 0.2) is 33.5 Å². The lowest BCUT2D eigenvalue weighted by molar-refractivity contribution is 1.07. The summed E-state index contributed by atoms with van der Waals surface area (Å²) in [6.07, 6.45) is 0. The average molecular weight is 279 g/mol. The maximum absolute atomic E-state index is 11.3. The highest BCUT2D eigenvalue weighted by Crippen LogP contribution is 2.22. The van der Waals surface area contributed by atoms with E-state index in [1.54, 1.807) is 0 Å². The van der Waals surface area contributed by atoms with Gasteiger partial charge in [0.05, 0.1) is 0 Å². The molecule has 1 heterocycles. The van der Waals surface area contributed by atoms with E-state index >= 15 is 0 Å². The molecule has 0 fully saturated rings. The lowest BCUT2D eigenvalue weighted by Gasteiger charge is -2.04. The normalized spacial score (nSPS) is 10.4. The molecule has 0 saturated carbocycles. The molecule has 16 heavy (non-hydrogen) atoms. The molecule has 0 atom stereocenters. The van der Waals surface area contributed by atoms with Crippen molar-refractivity contribution in [3.8, 4) is 11.4 Å². The van der Waals surface area contributed by atoms with Gasteiger partial charge in [-0.15, -0.1) is 0 Å².